The molecular weight excluding hydrogens is 470 g/mol. The summed E-state index contributed by atoms with van der Waals surface area (Å²) < 4.78 is 10.9. The van der Waals surface area contributed by atoms with Gasteiger partial charge in [0.1, 0.15) is 17.6 Å². The molecule has 2 amide bonds. The van der Waals surface area contributed by atoms with Crippen molar-refractivity contribution in [3.05, 3.63) is 82.6 Å². The van der Waals surface area contributed by atoms with Gasteiger partial charge in [-0.15, -0.1) is 0 Å². The lowest BCUT2D eigenvalue weighted by Crippen LogP contribution is -2.48. The number of hydrazone groups is 1. The summed E-state index contributed by atoms with van der Waals surface area (Å²) in [6.07, 6.45) is 1.34. The number of benzene rings is 2. The molecule has 0 aliphatic carbocycles. The Labute approximate surface area is 208 Å². The van der Waals surface area contributed by atoms with Crippen LogP contribution in [0.1, 0.15) is 47.2 Å². The van der Waals surface area contributed by atoms with Crippen LogP contribution >= 0.6 is 11.6 Å². The lowest BCUT2D eigenvalue weighted by molar-refractivity contribution is -0.123. The van der Waals surface area contributed by atoms with E-state index in [1.807, 2.05) is 13.8 Å². The van der Waals surface area contributed by atoms with Crippen LogP contribution in [0.25, 0.3) is 11.3 Å². The van der Waals surface area contributed by atoms with Crippen molar-refractivity contribution in [2.24, 2.45) is 11.0 Å². The minimum absolute atomic E-state index is 0.192. The van der Waals surface area contributed by atoms with Gasteiger partial charge < -0.3 is 14.5 Å². The third-order valence-corrected chi connectivity index (χ3v) is 5.24. The maximum absolute atomic E-state index is 12.7. The van der Waals surface area contributed by atoms with Gasteiger partial charge in [-0.25, -0.2) is 10.2 Å². The molecule has 0 saturated heterocycles. The van der Waals surface area contributed by atoms with Crippen LogP contribution in [-0.2, 0) is 9.53 Å². The van der Waals surface area contributed by atoms with Crippen molar-refractivity contribution in [2.75, 3.05) is 6.61 Å². The predicted molar refractivity (Wildman–Crippen MR) is 133 cm³/mol. The number of nitrogens with zero attached hydrogens (tertiary/aromatic N) is 1. The molecule has 0 spiro atoms. The molecule has 1 atom stereocenters. The molecule has 0 bridgehead atoms. The SMILES string of the molecule is CCOC(=O)c1ccccc1-c1ccc(C=NNC(=O)C(NC(=O)c2cccc(Cl)c2)C(C)C)o1. The van der Waals surface area contributed by atoms with Crippen molar-refractivity contribution < 1.29 is 23.5 Å². The second kappa shape index (κ2) is 12.0. The van der Waals surface area contributed by atoms with Gasteiger partial charge in [0.05, 0.1) is 18.4 Å². The monoisotopic (exact) mass is 495 g/mol. The molecule has 35 heavy (non-hydrogen) atoms. The fourth-order valence-electron chi connectivity index (χ4n) is 3.27. The van der Waals surface area contributed by atoms with Crippen molar-refractivity contribution >= 4 is 35.6 Å². The minimum Gasteiger partial charge on any atom is -0.462 e. The molecule has 0 fully saturated rings. The summed E-state index contributed by atoms with van der Waals surface area (Å²) in [5.41, 5.74) is 3.75. The van der Waals surface area contributed by atoms with Crippen molar-refractivity contribution in [2.45, 2.75) is 26.8 Å². The van der Waals surface area contributed by atoms with E-state index >= 15 is 0 Å². The largest absolute Gasteiger partial charge is 0.462 e. The van der Waals surface area contributed by atoms with Gasteiger partial charge in [-0.1, -0.05) is 49.7 Å². The zero-order valence-electron chi connectivity index (χ0n) is 19.6. The first-order valence-electron chi connectivity index (χ1n) is 11.1. The Morgan fingerprint density at radius 3 is 2.57 bits per heavy atom. The summed E-state index contributed by atoms with van der Waals surface area (Å²) in [6, 6.07) is 16.0. The van der Waals surface area contributed by atoms with Gasteiger partial charge in [-0.05, 0) is 49.2 Å². The first kappa shape index (κ1) is 25.7. The number of furan rings is 1. The van der Waals surface area contributed by atoms with Gasteiger partial charge >= 0.3 is 5.97 Å². The Morgan fingerprint density at radius 1 is 1.09 bits per heavy atom. The third kappa shape index (κ3) is 6.80. The molecule has 1 aromatic heterocycles. The zero-order chi connectivity index (χ0) is 25.4. The molecule has 1 unspecified atom stereocenters. The van der Waals surface area contributed by atoms with Crippen LogP contribution in [0.15, 0.2) is 70.2 Å². The van der Waals surface area contributed by atoms with Crippen molar-refractivity contribution in [3.8, 4) is 11.3 Å². The van der Waals surface area contributed by atoms with Gasteiger partial charge in [-0.2, -0.15) is 5.10 Å². The van der Waals surface area contributed by atoms with E-state index < -0.39 is 23.8 Å². The molecule has 2 N–H and O–H groups in total. The number of halogens is 1. The quantitative estimate of drug-likeness (QED) is 0.254. The third-order valence-electron chi connectivity index (χ3n) is 5.00. The van der Waals surface area contributed by atoms with E-state index in [0.717, 1.165) is 0 Å². The summed E-state index contributed by atoms with van der Waals surface area (Å²) in [4.78, 5) is 37.4. The molecule has 3 rings (SSSR count). The number of carbonyl (C=O) groups is 3. The van der Waals surface area contributed by atoms with Crippen LogP contribution in [0, 0.1) is 5.92 Å². The fraction of sp³-hybridized carbons (Fsp3) is 0.231. The fourth-order valence-corrected chi connectivity index (χ4v) is 3.46. The molecule has 8 nitrogen and oxygen atoms in total. The van der Waals surface area contributed by atoms with Crippen LogP contribution in [0.2, 0.25) is 5.02 Å². The van der Waals surface area contributed by atoms with E-state index in [4.69, 9.17) is 20.8 Å². The number of rotatable bonds is 9. The first-order chi connectivity index (χ1) is 16.8. The number of nitrogens with one attached hydrogen (secondary N) is 2. The molecule has 1 heterocycles. The molecule has 9 heteroatoms. The number of carbonyl (C=O) groups excluding carboxylic acids is 3. The van der Waals surface area contributed by atoms with Gasteiger partial charge in [0.25, 0.3) is 11.8 Å². The van der Waals surface area contributed by atoms with Gasteiger partial charge in [-0.3, -0.25) is 9.59 Å². The Kier molecular flexibility index (Phi) is 8.80. The molecule has 3 aromatic rings. The molecular formula is C26H26ClN3O5. The number of hydrogen-bond donors (Lipinski definition) is 2. The van der Waals surface area contributed by atoms with Gasteiger partial charge in [0.2, 0.25) is 0 Å². The highest BCUT2D eigenvalue weighted by Gasteiger charge is 2.24. The van der Waals surface area contributed by atoms with Gasteiger partial charge in [0, 0.05) is 16.1 Å². The molecule has 0 aliphatic heterocycles. The van der Waals surface area contributed by atoms with E-state index in [1.54, 1.807) is 61.5 Å². The minimum atomic E-state index is -0.817. The number of esters is 1. The van der Waals surface area contributed by atoms with E-state index in [0.29, 0.717) is 33.2 Å². The Bertz CT molecular complexity index is 1230. The van der Waals surface area contributed by atoms with Crippen molar-refractivity contribution in [1.29, 1.82) is 0 Å². The van der Waals surface area contributed by atoms with E-state index in [2.05, 4.69) is 15.8 Å². The number of ether oxygens (including phenoxy) is 1. The Morgan fingerprint density at radius 2 is 1.86 bits per heavy atom. The van der Waals surface area contributed by atoms with E-state index in [-0.39, 0.29) is 12.5 Å². The summed E-state index contributed by atoms with van der Waals surface area (Å²) >= 11 is 5.95. The van der Waals surface area contributed by atoms with Crippen LogP contribution in [0.3, 0.4) is 0 Å². The van der Waals surface area contributed by atoms with E-state index in [9.17, 15) is 14.4 Å². The lowest BCUT2D eigenvalue weighted by atomic mass is 10.0. The second-order valence-corrected chi connectivity index (χ2v) is 8.34. The smallest absolute Gasteiger partial charge is 0.338 e. The Balaban J connectivity index is 1.66. The van der Waals surface area contributed by atoms with Crippen LogP contribution in [0.4, 0.5) is 0 Å². The topological polar surface area (TPSA) is 110 Å². The average Bonchev–Trinajstić information content (AvgIpc) is 3.31. The normalized spacial score (nSPS) is 11.9. The zero-order valence-corrected chi connectivity index (χ0v) is 20.3. The second-order valence-electron chi connectivity index (χ2n) is 7.91. The van der Waals surface area contributed by atoms with Crippen LogP contribution in [-0.4, -0.2) is 36.6 Å². The standard InChI is InChI=1S/C26H26ClN3O5/c1-4-34-26(33)21-11-6-5-10-20(21)22-13-12-19(35-22)15-28-30-25(32)23(16(2)3)29-24(31)17-8-7-9-18(27)14-17/h5-16,23H,4H2,1-3H3,(H,29,31)(H,30,32). The van der Waals surface area contributed by atoms with Gasteiger partial charge in [0.15, 0.2) is 0 Å². The maximum atomic E-state index is 12.7. The van der Waals surface area contributed by atoms with Crippen LogP contribution in [0.5, 0.6) is 0 Å². The number of amides is 2. The highest BCUT2D eigenvalue weighted by atomic mass is 35.5. The molecule has 0 saturated carbocycles. The summed E-state index contributed by atoms with van der Waals surface area (Å²) in [5.74, 6) is -0.713. The molecule has 182 valence electrons. The first-order valence-corrected chi connectivity index (χ1v) is 11.4. The van der Waals surface area contributed by atoms with E-state index in [1.165, 1.54) is 12.3 Å². The molecule has 0 aliphatic rings. The molecule has 2 aromatic carbocycles. The van der Waals surface area contributed by atoms with Crippen LogP contribution < -0.4 is 10.7 Å². The average molecular weight is 496 g/mol. The van der Waals surface area contributed by atoms with Crippen molar-refractivity contribution in [3.63, 3.8) is 0 Å². The highest BCUT2D eigenvalue weighted by molar-refractivity contribution is 6.31. The summed E-state index contributed by atoms with van der Waals surface area (Å²) in [6.45, 7) is 5.63. The maximum Gasteiger partial charge on any atom is 0.338 e. The Hall–Kier alpha value is -3.91. The lowest BCUT2D eigenvalue weighted by Gasteiger charge is -2.20. The highest BCUT2D eigenvalue weighted by Crippen LogP contribution is 2.26. The number of hydrogen-bond acceptors (Lipinski definition) is 6. The molecule has 0 radical (unpaired) electrons. The van der Waals surface area contributed by atoms with Crippen molar-refractivity contribution in [1.82, 2.24) is 10.7 Å². The summed E-state index contributed by atoms with van der Waals surface area (Å²) in [5, 5.41) is 7.09. The summed E-state index contributed by atoms with van der Waals surface area (Å²) in [7, 11) is 0. The predicted octanol–water partition coefficient (Wildman–Crippen LogP) is 4.68.